The molecule has 0 atom stereocenters. The number of benzene rings is 1. The van der Waals surface area contributed by atoms with Crippen LogP contribution >= 0.6 is 12.4 Å². The van der Waals surface area contributed by atoms with Crippen molar-refractivity contribution in [2.24, 2.45) is 0 Å². The fourth-order valence-corrected chi connectivity index (χ4v) is 3.01. The zero-order chi connectivity index (χ0) is 19.4. The summed E-state index contributed by atoms with van der Waals surface area (Å²) in [6.07, 6.45) is 2.35. The molecule has 1 heterocycles. The number of aryl methyl sites for hydroxylation is 2. The van der Waals surface area contributed by atoms with Gasteiger partial charge in [-0.3, -0.25) is 14.4 Å². The van der Waals surface area contributed by atoms with Crippen molar-refractivity contribution in [2.45, 2.75) is 39.5 Å². The Hall–Kier alpha value is -2.18. The minimum atomic E-state index is -0.254. The number of hydrogen-bond acceptors (Lipinski definition) is 6. The predicted molar refractivity (Wildman–Crippen MR) is 107 cm³/mol. The summed E-state index contributed by atoms with van der Waals surface area (Å²) in [5.41, 5.74) is 0.691. The lowest BCUT2D eigenvalue weighted by molar-refractivity contribution is -0.119. The zero-order valence-electron chi connectivity index (χ0n) is 16.1. The van der Waals surface area contributed by atoms with Gasteiger partial charge in [-0.2, -0.15) is 0 Å². The van der Waals surface area contributed by atoms with Crippen molar-refractivity contribution < 1.29 is 19.1 Å². The second-order valence-corrected chi connectivity index (χ2v) is 6.86. The fraction of sp³-hybridized carbons (Fsp3) is 0.450. The van der Waals surface area contributed by atoms with E-state index in [-0.39, 0.29) is 52.3 Å². The third-order valence-electron chi connectivity index (χ3n) is 4.51. The van der Waals surface area contributed by atoms with E-state index < -0.39 is 0 Å². The van der Waals surface area contributed by atoms with Gasteiger partial charge in [0.25, 0.3) is 0 Å². The van der Waals surface area contributed by atoms with E-state index in [1.165, 1.54) is 6.07 Å². The molecule has 0 aliphatic carbocycles. The molecule has 148 valence electrons. The molecule has 1 N–H and O–H groups in total. The first-order chi connectivity index (χ1) is 12.3. The van der Waals surface area contributed by atoms with Crippen LogP contribution < -0.4 is 5.43 Å². The second kappa shape index (κ2) is 9.67. The maximum atomic E-state index is 12.8. The van der Waals surface area contributed by atoms with E-state index in [0.717, 1.165) is 13.0 Å². The molecular weight excluding hydrogens is 370 g/mol. The first kappa shape index (κ1) is 22.9. The molecule has 0 saturated carbocycles. The molecule has 0 amide bonds. The molecule has 0 aliphatic rings. The number of ketones is 1. The molecule has 0 fully saturated rings. The Labute approximate surface area is 164 Å². The van der Waals surface area contributed by atoms with Gasteiger partial charge in [-0.1, -0.05) is 0 Å². The van der Waals surface area contributed by atoms with Crippen molar-refractivity contribution in [1.82, 2.24) is 4.90 Å². The van der Waals surface area contributed by atoms with Gasteiger partial charge >= 0.3 is 0 Å². The Morgan fingerprint density at radius 3 is 2.52 bits per heavy atom. The number of fused-ring (bicyclic) bond motifs is 1. The average molecular weight is 396 g/mol. The number of Topliss-reactive ketones (excluding diaryl/α,β-unsaturated/α-hetero) is 1. The lowest BCUT2D eigenvalue weighted by atomic mass is 10.00. The van der Waals surface area contributed by atoms with E-state index in [4.69, 9.17) is 4.42 Å². The molecule has 7 heteroatoms. The quantitative estimate of drug-likeness (QED) is 0.690. The van der Waals surface area contributed by atoms with Gasteiger partial charge < -0.3 is 14.4 Å². The minimum Gasteiger partial charge on any atom is -0.507 e. The maximum absolute atomic E-state index is 12.8. The summed E-state index contributed by atoms with van der Waals surface area (Å²) in [5, 5.41) is 10.3. The molecule has 1 aromatic carbocycles. The number of hydrogen-bond donors (Lipinski definition) is 1. The van der Waals surface area contributed by atoms with Gasteiger partial charge in [-0.15, -0.1) is 12.4 Å². The molecule has 0 unspecified atom stereocenters. The van der Waals surface area contributed by atoms with E-state index in [9.17, 15) is 19.5 Å². The van der Waals surface area contributed by atoms with Crippen LogP contribution in [0.25, 0.3) is 11.0 Å². The van der Waals surface area contributed by atoms with Crippen LogP contribution in [0.2, 0.25) is 0 Å². The van der Waals surface area contributed by atoms with E-state index in [1.807, 2.05) is 19.0 Å². The molecule has 2 aromatic rings. The highest BCUT2D eigenvalue weighted by Gasteiger charge is 2.18. The number of phenols is 1. The van der Waals surface area contributed by atoms with E-state index in [1.54, 1.807) is 13.8 Å². The topological polar surface area (TPSA) is 87.8 Å². The molecular formula is C20H26ClNO5. The summed E-state index contributed by atoms with van der Waals surface area (Å²) in [4.78, 5) is 38.2. The van der Waals surface area contributed by atoms with Gasteiger partial charge in [-0.05, 0) is 59.0 Å². The fourth-order valence-electron chi connectivity index (χ4n) is 3.01. The number of carbonyl (C=O) groups excluding carboxylic acids is 2. The number of aromatic hydroxyl groups is 1. The summed E-state index contributed by atoms with van der Waals surface area (Å²) in [7, 11) is 3.92. The molecule has 0 aliphatic heterocycles. The van der Waals surface area contributed by atoms with Crippen LogP contribution in [0, 0.1) is 13.8 Å². The largest absolute Gasteiger partial charge is 0.507 e. The molecule has 1 aromatic heterocycles. The van der Waals surface area contributed by atoms with Gasteiger partial charge in [0.2, 0.25) is 0 Å². The number of rotatable bonds is 8. The van der Waals surface area contributed by atoms with Crippen LogP contribution in [0.15, 0.2) is 15.3 Å². The number of carbonyl (C=O) groups is 2. The standard InChI is InChI=1S/C20H25NO5.ClH/c1-12-10-16-19(25)15(8-7-14(23)6-5-9-21(3)4)13(2)26-20(16)17(11-22)18(12)24;/h10-11,24H,5-9H2,1-4H3;1H. The van der Waals surface area contributed by atoms with Crippen molar-refractivity contribution in [3.63, 3.8) is 0 Å². The van der Waals surface area contributed by atoms with Crippen molar-refractivity contribution in [2.75, 3.05) is 20.6 Å². The molecule has 0 radical (unpaired) electrons. The zero-order valence-corrected chi connectivity index (χ0v) is 16.9. The van der Waals surface area contributed by atoms with Gasteiger partial charge in [0, 0.05) is 18.4 Å². The van der Waals surface area contributed by atoms with Crippen molar-refractivity contribution in [3.05, 3.63) is 38.7 Å². The number of phenolic OH excluding ortho intramolecular Hbond substituents is 1. The lowest BCUT2D eigenvalue weighted by Gasteiger charge is -2.11. The predicted octanol–water partition coefficient (Wildman–Crippen LogP) is 3.19. The molecule has 0 saturated heterocycles. The summed E-state index contributed by atoms with van der Waals surface area (Å²) >= 11 is 0. The summed E-state index contributed by atoms with van der Waals surface area (Å²) in [6, 6.07) is 1.52. The second-order valence-electron chi connectivity index (χ2n) is 6.86. The summed E-state index contributed by atoms with van der Waals surface area (Å²) in [6.45, 7) is 4.10. The van der Waals surface area contributed by atoms with E-state index >= 15 is 0 Å². The molecule has 6 nitrogen and oxygen atoms in total. The van der Waals surface area contributed by atoms with Crippen molar-refractivity contribution >= 4 is 35.4 Å². The first-order valence-corrected chi connectivity index (χ1v) is 8.66. The Bertz CT molecular complexity index is 902. The SMILES string of the molecule is Cc1cc2c(=O)c(CCC(=O)CCCN(C)C)c(C)oc2c(C=O)c1O.Cl. The number of nitrogens with zero attached hydrogens (tertiary/aromatic N) is 1. The number of halogens is 1. The normalized spacial score (nSPS) is 10.9. The van der Waals surface area contributed by atoms with Gasteiger partial charge in [0.15, 0.2) is 17.3 Å². The monoisotopic (exact) mass is 395 g/mol. The Morgan fingerprint density at radius 1 is 1.26 bits per heavy atom. The van der Waals surface area contributed by atoms with Crippen LogP contribution in [-0.4, -0.2) is 42.7 Å². The molecule has 27 heavy (non-hydrogen) atoms. The van der Waals surface area contributed by atoms with Crippen molar-refractivity contribution in [1.29, 1.82) is 0 Å². The highest BCUT2D eigenvalue weighted by atomic mass is 35.5. The molecule has 0 spiro atoms. The van der Waals surface area contributed by atoms with Gasteiger partial charge in [-0.25, -0.2) is 0 Å². The third-order valence-corrected chi connectivity index (χ3v) is 4.51. The highest BCUT2D eigenvalue weighted by molar-refractivity contribution is 5.98. The van der Waals surface area contributed by atoms with Crippen LogP contribution in [0.5, 0.6) is 5.75 Å². The minimum absolute atomic E-state index is 0. The van der Waals surface area contributed by atoms with E-state index in [2.05, 4.69) is 0 Å². The summed E-state index contributed by atoms with van der Waals surface area (Å²) in [5.74, 6) is 0.301. The van der Waals surface area contributed by atoms with Crippen LogP contribution in [0.4, 0.5) is 0 Å². The highest BCUT2D eigenvalue weighted by Crippen LogP contribution is 2.29. The smallest absolute Gasteiger partial charge is 0.196 e. The number of aldehydes is 1. The van der Waals surface area contributed by atoms with E-state index in [0.29, 0.717) is 36.0 Å². The first-order valence-electron chi connectivity index (χ1n) is 8.66. The Morgan fingerprint density at radius 2 is 1.93 bits per heavy atom. The average Bonchev–Trinajstić information content (AvgIpc) is 2.57. The van der Waals surface area contributed by atoms with Gasteiger partial charge in [0.1, 0.15) is 17.3 Å². The summed E-state index contributed by atoms with van der Waals surface area (Å²) < 4.78 is 5.67. The maximum Gasteiger partial charge on any atom is 0.196 e. The van der Waals surface area contributed by atoms with Crippen LogP contribution in [0.3, 0.4) is 0 Å². The molecule has 0 bridgehead atoms. The Balaban J connectivity index is 0.00000364. The van der Waals surface area contributed by atoms with Crippen molar-refractivity contribution in [3.8, 4) is 5.75 Å². The lowest BCUT2D eigenvalue weighted by Crippen LogP contribution is -2.16. The third kappa shape index (κ3) is 5.17. The van der Waals surface area contributed by atoms with Crippen LogP contribution in [0.1, 0.15) is 46.5 Å². The van der Waals surface area contributed by atoms with Gasteiger partial charge in [0.05, 0.1) is 10.9 Å². The van der Waals surface area contributed by atoms with Crippen LogP contribution in [-0.2, 0) is 11.2 Å². The molecule has 2 rings (SSSR count). The Kier molecular flexibility index (Phi) is 8.19.